The van der Waals surface area contributed by atoms with Crippen LogP contribution in [-0.4, -0.2) is 17.7 Å². The fourth-order valence-electron chi connectivity index (χ4n) is 2.05. The minimum absolute atomic E-state index is 0.0768. The van der Waals surface area contributed by atoms with Crippen molar-refractivity contribution in [3.8, 4) is 5.75 Å². The Bertz CT molecular complexity index is 514. The lowest BCUT2D eigenvalue weighted by atomic mass is 10.1. The molecule has 0 fully saturated rings. The van der Waals surface area contributed by atoms with Crippen molar-refractivity contribution in [1.82, 2.24) is 4.57 Å². The average molecular weight is 232 g/mol. The molecular weight excluding hydrogens is 212 g/mol. The lowest BCUT2D eigenvalue weighted by molar-refractivity contribution is 0.344. The fraction of sp³-hybridized carbons (Fsp3) is 0.429. The van der Waals surface area contributed by atoms with Crippen molar-refractivity contribution in [3.05, 3.63) is 30.5 Å². The molecule has 0 aliphatic rings. The van der Waals surface area contributed by atoms with Crippen LogP contribution in [0.5, 0.6) is 5.75 Å². The molecule has 3 nitrogen and oxygen atoms in total. The van der Waals surface area contributed by atoms with Gasteiger partial charge in [0.2, 0.25) is 0 Å². The number of rotatable bonds is 4. The highest BCUT2D eigenvalue weighted by Gasteiger charge is 2.20. The lowest BCUT2D eigenvalue weighted by Crippen LogP contribution is -2.34. The van der Waals surface area contributed by atoms with E-state index in [1.807, 2.05) is 19.1 Å². The quantitative estimate of drug-likeness (QED) is 0.880. The maximum absolute atomic E-state index is 5.83. The second-order valence-corrected chi connectivity index (χ2v) is 4.82. The van der Waals surface area contributed by atoms with E-state index in [0.717, 1.165) is 11.1 Å². The molecule has 1 heterocycles. The second kappa shape index (κ2) is 4.41. The molecule has 0 unspecified atom stereocenters. The molecule has 1 aromatic carbocycles. The summed E-state index contributed by atoms with van der Waals surface area (Å²) in [5, 5.41) is 1.15. The highest BCUT2D eigenvalue weighted by atomic mass is 16.5. The normalized spacial score (nSPS) is 12.0. The average Bonchev–Trinajstić information content (AvgIpc) is 2.75. The third-order valence-corrected chi connectivity index (χ3v) is 3.14. The van der Waals surface area contributed by atoms with Gasteiger partial charge in [-0.3, -0.25) is 0 Å². The molecular formula is C14H20N2O. The highest BCUT2D eigenvalue weighted by molar-refractivity contribution is 5.86. The van der Waals surface area contributed by atoms with Gasteiger partial charge in [0.1, 0.15) is 5.75 Å². The summed E-state index contributed by atoms with van der Waals surface area (Å²) in [6, 6.07) is 8.23. The summed E-state index contributed by atoms with van der Waals surface area (Å²) in [6.07, 6.45) is 2.08. The van der Waals surface area contributed by atoms with E-state index in [4.69, 9.17) is 10.5 Å². The first-order valence-corrected chi connectivity index (χ1v) is 6.03. The molecule has 2 aromatic rings. The number of hydrogen-bond acceptors (Lipinski definition) is 2. The molecule has 1 aromatic heterocycles. The van der Waals surface area contributed by atoms with Gasteiger partial charge in [-0.1, -0.05) is 6.07 Å². The van der Waals surface area contributed by atoms with Crippen LogP contribution in [0.3, 0.4) is 0 Å². The van der Waals surface area contributed by atoms with Crippen LogP contribution in [0.2, 0.25) is 0 Å². The van der Waals surface area contributed by atoms with Gasteiger partial charge in [-0.25, -0.2) is 0 Å². The third kappa shape index (κ3) is 2.03. The van der Waals surface area contributed by atoms with Gasteiger partial charge >= 0.3 is 0 Å². The van der Waals surface area contributed by atoms with Crippen molar-refractivity contribution in [1.29, 1.82) is 0 Å². The Morgan fingerprint density at radius 2 is 2.06 bits per heavy atom. The van der Waals surface area contributed by atoms with Crippen molar-refractivity contribution in [2.45, 2.75) is 26.3 Å². The van der Waals surface area contributed by atoms with Gasteiger partial charge < -0.3 is 15.0 Å². The van der Waals surface area contributed by atoms with Crippen molar-refractivity contribution < 1.29 is 4.74 Å². The van der Waals surface area contributed by atoms with E-state index in [9.17, 15) is 0 Å². The zero-order valence-electron chi connectivity index (χ0n) is 10.7. The molecule has 0 aliphatic carbocycles. The van der Waals surface area contributed by atoms with Crippen LogP contribution in [0.15, 0.2) is 30.5 Å². The van der Waals surface area contributed by atoms with E-state index in [-0.39, 0.29) is 5.54 Å². The number of nitrogens with two attached hydrogens (primary N) is 1. The van der Waals surface area contributed by atoms with Crippen LogP contribution >= 0.6 is 0 Å². The Morgan fingerprint density at radius 1 is 1.29 bits per heavy atom. The number of hydrogen-bond donors (Lipinski definition) is 1. The molecule has 17 heavy (non-hydrogen) atoms. The Hall–Kier alpha value is -1.48. The molecule has 0 saturated carbocycles. The van der Waals surface area contributed by atoms with Gasteiger partial charge in [-0.05, 0) is 39.0 Å². The van der Waals surface area contributed by atoms with E-state index in [2.05, 4.69) is 36.7 Å². The molecule has 2 N–H and O–H groups in total. The van der Waals surface area contributed by atoms with Gasteiger partial charge in [0.15, 0.2) is 0 Å². The first-order valence-electron chi connectivity index (χ1n) is 6.03. The zero-order valence-corrected chi connectivity index (χ0v) is 10.7. The molecule has 0 amide bonds. The zero-order chi connectivity index (χ0) is 12.5. The van der Waals surface area contributed by atoms with E-state index in [1.54, 1.807) is 0 Å². The van der Waals surface area contributed by atoms with Gasteiger partial charge in [-0.2, -0.15) is 0 Å². The number of aromatic nitrogens is 1. The molecule has 0 spiro atoms. The maximum atomic E-state index is 5.83. The minimum Gasteiger partial charge on any atom is -0.493 e. The summed E-state index contributed by atoms with van der Waals surface area (Å²) in [7, 11) is 0. The van der Waals surface area contributed by atoms with Gasteiger partial charge in [-0.15, -0.1) is 0 Å². The first kappa shape index (κ1) is 12.0. The maximum Gasteiger partial charge on any atom is 0.128 e. The second-order valence-electron chi connectivity index (χ2n) is 4.82. The summed E-state index contributed by atoms with van der Waals surface area (Å²) in [4.78, 5) is 0. The largest absolute Gasteiger partial charge is 0.493 e. The topological polar surface area (TPSA) is 40.2 Å². The third-order valence-electron chi connectivity index (χ3n) is 3.14. The van der Waals surface area contributed by atoms with E-state index in [0.29, 0.717) is 13.2 Å². The summed E-state index contributed by atoms with van der Waals surface area (Å²) in [5.41, 5.74) is 6.93. The highest BCUT2D eigenvalue weighted by Crippen LogP contribution is 2.30. The summed E-state index contributed by atoms with van der Waals surface area (Å²) in [5.74, 6) is 0.941. The van der Waals surface area contributed by atoms with Gasteiger partial charge in [0.05, 0.1) is 17.7 Å². The molecule has 0 aliphatic heterocycles. The van der Waals surface area contributed by atoms with Crippen molar-refractivity contribution in [2.75, 3.05) is 13.2 Å². The summed E-state index contributed by atoms with van der Waals surface area (Å²) >= 11 is 0. The molecule has 92 valence electrons. The van der Waals surface area contributed by atoms with Crippen LogP contribution in [0, 0.1) is 0 Å². The van der Waals surface area contributed by atoms with Gasteiger partial charge in [0, 0.05) is 18.1 Å². The minimum atomic E-state index is -0.0768. The Kier molecular flexibility index (Phi) is 3.11. The van der Waals surface area contributed by atoms with Crippen LogP contribution in [0.1, 0.15) is 20.8 Å². The standard InChI is InChI=1S/C14H20N2O/c1-4-17-13-7-5-6-12-11(13)8-9-16(12)14(2,3)10-15/h5-9H,4,10,15H2,1-3H3. The first-order chi connectivity index (χ1) is 8.10. The van der Waals surface area contributed by atoms with Crippen molar-refractivity contribution in [2.24, 2.45) is 5.73 Å². The van der Waals surface area contributed by atoms with Crippen LogP contribution in [0.25, 0.3) is 10.9 Å². The lowest BCUT2D eigenvalue weighted by Gasteiger charge is -2.26. The molecule has 0 radical (unpaired) electrons. The monoisotopic (exact) mass is 232 g/mol. The summed E-state index contributed by atoms with van der Waals surface area (Å²) in [6.45, 7) is 7.57. The van der Waals surface area contributed by atoms with Crippen LogP contribution in [0.4, 0.5) is 0 Å². The predicted molar refractivity (Wildman–Crippen MR) is 71.5 cm³/mol. The molecule has 0 saturated heterocycles. The summed E-state index contributed by atoms with van der Waals surface area (Å²) < 4.78 is 7.85. The Labute approximate surface area is 102 Å². The number of fused-ring (bicyclic) bond motifs is 1. The number of benzene rings is 1. The van der Waals surface area contributed by atoms with E-state index in [1.165, 1.54) is 5.52 Å². The predicted octanol–water partition coefficient (Wildman–Crippen LogP) is 2.73. The Balaban J connectivity index is 2.58. The number of nitrogens with zero attached hydrogens (tertiary/aromatic N) is 1. The smallest absolute Gasteiger partial charge is 0.128 e. The van der Waals surface area contributed by atoms with Crippen molar-refractivity contribution >= 4 is 10.9 Å². The molecule has 2 rings (SSSR count). The van der Waals surface area contributed by atoms with E-state index < -0.39 is 0 Å². The van der Waals surface area contributed by atoms with E-state index >= 15 is 0 Å². The fourth-order valence-corrected chi connectivity index (χ4v) is 2.05. The molecule has 0 bridgehead atoms. The molecule has 0 atom stereocenters. The molecule has 3 heteroatoms. The Morgan fingerprint density at radius 3 is 2.71 bits per heavy atom. The van der Waals surface area contributed by atoms with Crippen LogP contribution < -0.4 is 10.5 Å². The SMILES string of the molecule is CCOc1cccc2c1ccn2C(C)(C)CN. The van der Waals surface area contributed by atoms with Gasteiger partial charge in [0.25, 0.3) is 0 Å². The number of ether oxygens (including phenoxy) is 1. The van der Waals surface area contributed by atoms with Crippen molar-refractivity contribution in [3.63, 3.8) is 0 Å². The van der Waals surface area contributed by atoms with Crippen LogP contribution in [-0.2, 0) is 5.54 Å².